The van der Waals surface area contributed by atoms with Crippen LogP contribution in [0.1, 0.15) is 20.8 Å². The third-order valence-electron chi connectivity index (χ3n) is 2.35. The highest BCUT2D eigenvalue weighted by atomic mass is 16.5. The second-order valence-corrected chi connectivity index (χ2v) is 4.67. The normalized spacial score (nSPS) is 42.0. The predicted molar refractivity (Wildman–Crippen MR) is 47.2 cm³/mol. The summed E-state index contributed by atoms with van der Waals surface area (Å²) in [6.07, 6.45) is -3.51. The molecule has 0 aromatic carbocycles. The van der Waals surface area contributed by atoms with Crippen LogP contribution in [0.3, 0.4) is 0 Å². The summed E-state index contributed by atoms with van der Waals surface area (Å²) in [6, 6.07) is 0. The Bertz CT molecular complexity index is 175. The molecule has 4 nitrogen and oxygen atoms in total. The van der Waals surface area contributed by atoms with E-state index in [9.17, 15) is 15.3 Å². The third-order valence-corrected chi connectivity index (χ3v) is 2.35. The first-order valence-corrected chi connectivity index (χ1v) is 4.50. The number of aliphatic hydroxyl groups is 3. The van der Waals surface area contributed by atoms with E-state index in [2.05, 4.69) is 0 Å². The van der Waals surface area contributed by atoms with E-state index < -0.39 is 24.4 Å². The first-order valence-electron chi connectivity index (χ1n) is 4.50. The van der Waals surface area contributed by atoms with Crippen LogP contribution in [0.4, 0.5) is 0 Å². The summed E-state index contributed by atoms with van der Waals surface area (Å²) in [5.41, 5.74) is -0.236. The van der Waals surface area contributed by atoms with Gasteiger partial charge in [0.2, 0.25) is 0 Å². The van der Waals surface area contributed by atoms with Gasteiger partial charge in [-0.05, 0) is 5.41 Å². The van der Waals surface area contributed by atoms with Crippen LogP contribution in [0.15, 0.2) is 0 Å². The predicted octanol–water partition coefficient (Wildman–Crippen LogP) is -0.486. The molecule has 1 fully saturated rings. The van der Waals surface area contributed by atoms with Gasteiger partial charge in [-0.3, -0.25) is 0 Å². The molecule has 4 atom stereocenters. The van der Waals surface area contributed by atoms with Gasteiger partial charge in [-0.1, -0.05) is 20.8 Å². The van der Waals surface area contributed by atoms with E-state index in [0.29, 0.717) is 0 Å². The Morgan fingerprint density at radius 3 is 2.08 bits per heavy atom. The maximum absolute atomic E-state index is 9.61. The lowest BCUT2D eigenvalue weighted by Gasteiger charge is -2.41. The summed E-state index contributed by atoms with van der Waals surface area (Å²) in [4.78, 5) is 0. The summed E-state index contributed by atoms with van der Waals surface area (Å²) in [7, 11) is 0. The number of ether oxygens (including phenoxy) is 1. The van der Waals surface area contributed by atoms with Crippen molar-refractivity contribution in [2.75, 3.05) is 6.61 Å². The van der Waals surface area contributed by atoms with Gasteiger partial charge in [-0.15, -0.1) is 0 Å². The molecule has 0 saturated carbocycles. The Labute approximate surface area is 78.1 Å². The monoisotopic (exact) mass is 190 g/mol. The molecule has 1 heterocycles. The fourth-order valence-corrected chi connectivity index (χ4v) is 1.57. The van der Waals surface area contributed by atoms with Crippen molar-refractivity contribution in [2.24, 2.45) is 5.41 Å². The van der Waals surface area contributed by atoms with Gasteiger partial charge in [0.1, 0.15) is 18.3 Å². The molecule has 0 aliphatic carbocycles. The minimum Gasteiger partial charge on any atom is -0.388 e. The molecule has 1 rings (SSSR count). The SMILES string of the molecule is CC(C)(C)[C@@H]1OC[C@@H](O)C(O)[C@H]1O. The Morgan fingerprint density at radius 1 is 1.08 bits per heavy atom. The van der Waals surface area contributed by atoms with Gasteiger partial charge in [0.15, 0.2) is 0 Å². The molecule has 0 radical (unpaired) electrons. The molecule has 1 aliphatic heterocycles. The topological polar surface area (TPSA) is 69.9 Å². The van der Waals surface area contributed by atoms with Gasteiger partial charge in [-0.25, -0.2) is 0 Å². The largest absolute Gasteiger partial charge is 0.388 e. The molecular weight excluding hydrogens is 172 g/mol. The smallest absolute Gasteiger partial charge is 0.111 e. The molecule has 4 heteroatoms. The van der Waals surface area contributed by atoms with Crippen molar-refractivity contribution in [1.29, 1.82) is 0 Å². The molecule has 0 aromatic heterocycles. The van der Waals surface area contributed by atoms with Crippen LogP contribution < -0.4 is 0 Å². The average Bonchev–Trinajstić information content (AvgIpc) is 1.98. The standard InChI is InChI=1S/C9H18O4/c1-9(2,3)8-7(12)6(11)5(10)4-13-8/h5-8,10-12H,4H2,1-3H3/t5-,6?,7-,8-/m1/s1. The maximum Gasteiger partial charge on any atom is 0.111 e. The van der Waals surface area contributed by atoms with Crippen molar-refractivity contribution in [2.45, 2.75) is 45.2 Å². The zero-order chi connectivity index (χ0) is 10.2. The Morgan fingerprint density at radius 2 is 1.62 bits per heavy atom. The minimum atomic E-state index is -1.10. The van der Waals surface area contributed by atoms with E-state index in [0.717, 1.165) is 0 Å². The van der Waals surface area contributed by atoms with Gasteiger partial charge >= 0.3 is 0 Å². The molecule has 1 aliphatic rings. The van der Waals surface area contributed by atoms with E-state index in [4.69, 9.17) is 4.74 Å². The summed E-state index contributed by atoms with van der Waals surface area (Å²) >= 11 is 0. The quantitative estimate of drug-likeness (QED) is 0.482. The van der Waals surface area contributed by atoms with Gasteiger partial charge in [0.25, 0.3) is 0 Å². The average molecular weight is 190 g/mol. The lowest BCUT2D eigenvalue weighted by atomic mass is 9.81. The molecule has 0 bridgehead atoms. The first-order chi connectivity index (χ1) is 5.84. The highest BCUT2D eigenvalue weighted by Crippen LogP contribution is 2.30. The van der Waals surface area contributed by atoms with Gasteiger partial charge in [0, 0.05) is 0 Å². The van der Waals surface area contributed by atoms with Crippen LogP contribution in [0.25, 0.3) is 0 Å². The van der Waals surface area contributed by atoms with Crippen molar-refractivity contribution < 1.29 is 20.1 Å². The van der Waals surface area contributed by atoms with Crippen molar-refractivity contribution in [1.82, 2.24) is 0 Å². The fourth-order valence-electron chi connectivity index (χ4n) is 1.57. The fraction of sp³-hybridized carbons (Fsp3) is 1.00. The van der Waals surface area contributed by atoms with E-state index >= 15 is 0 Å². The Balaban J connectivity index is 2.70. The second kappa shape index (κ2) is 3.53. The van der Waals surface area contributed by atoms with Crippen LogP contribution >= 0.6 is 0 Å². The van der Waals surface area contributed by atoms with Crippen molar-refractivity contribution >= 4 is 0 Å². The molecule has 3 N–H and O–H groups in total. The van der Waals surface area contributed by atoms with Gasteiger partial charge in [0.05, 0.1) is 12.7 Å². The van der Waals surface area contributed by atoms with Crippen LogP contribution in [-0.2, 0) is 4.74 Å². The summed E-state index contributed by atoms with van der Waals surface area (Å²) in [5, 5.41) is 28.2. The molecular formula is C9H18O4. The maximum atomic E-state index is 9.61. The number of hydrogen-bond donors (Lipinski definition) is 3. The van der Waals surface area contributed by atoms with E-state index in [1.807, 2.05) is 20.8 Å². The first kappa shape index (κ1) is 10.9. The lowest BCUT2D eigenvalue weighted by molar-refractivity contribution is -0.211. The van der Waals surface area contributed by atoms with Crippen LogP contribution in [-0.4, -0.2) is 46.3 Å². The zero-order valence-corrected chi connectivity index (χ0v) is 8.27. The van der Waals surface area contributed by atoms with Crippen molar-refractivity contribution in [3.05, 3.63) is 0 Å². The van der Waals surface area contributed by atoms with Crippen LogP contribution in [0.5, 0.6) is 0 Å². The van der Waals surface area contributed by atoms with E-state index in [1.165, 1.54) is 0 Å². The van der Waals surface area contributed by atoms with Gasteiger partial charge in [-0.2, -0.15) is 0 Å². The highest BCUT2D eigenvalue weighted by molar-refractivity contribution is 4.92. The zero-order valence-electron chi connectivity index (χ0n) is 8.27. The highest BCUT2D eigenvalue weighted by Gasteiger charge is 2.42. The Hall–Kier alpha value is -0.160. The van der Waals surface area contributed by atoms with Crippen LogP contribution in [0, 0.1) is 5.41 Å². The van der Waals surface area contributed by atoms with Crippen molar-refractivity contribution in [3.8, 4) is 0 Å². The van der Waals surface area contributed by atoms with Crippen LogP contribution in [0.2, 0.25) is 0 Å². The molecule has 1 saturated heterocycles. The molecule has 0 spiro atoms. The molecule has 78 valence electrons. The summed E-state index contributed by atoms with van der Waals surface area (Å²) in [6.45, 7) is 5.85. The van der Waals surface area contributed by atoms with E-state index in [-0.39, 0.29) is 12.0 Å². The molecule has 0 amide bonds. The second-order valence-electron chi connectivity index (χ2n) is 4.67. The molecule has 1 unspecified atom stereocenters. The molecule has 13 heavy (non-hydrogen) atoms. The Kier molecular flexibility index (Phi) is 2.97. The number of hydrogen-bond acceptors (Lipinski definition) is 4. The summed E-state index contributed by atoms with van der Waals surface area (Å²) in [5.74, 6) is 0. The lowest BCUT2D eigenvalue weighted by Crippen LogP contribution is -2.56. The van der Waals surface area contributed by atoms with E-state index in [1.54, 1.807) is 0 Å². The molecule has 0 aromatic rings. The van der Waals surface area contributed by atoms with Gasteiger partial charge < -0.3 is 20.1 Å². The summed E-state index contributed by atoms with van der Waals surface area (Å²) < 4.78 is 5.28. The minimum absolute atomic E-state index is 0.0835. The van der Waals surface area contributed by atoms with Crippen molar-refractivity contribution in [3.63, 3.8) is 0 Å². The third kappa shape index (κ3) is 2.20. The number of aliphatic hydroxyl groups excluding tert-OH is 3. The number of rotatable bonds is 0.